The molecule has 5 nitrogen and oxygen atoms in total. The van der Waals surface area contributed by atoms with Crippen molar-refractivity contribution in [1.82, 2.24) is 0 Å². The Kier molecular flexibility index (Phi) is 19.8. The molecule has 0 aliphatic heterocycles. The van der Waals surface area contributed by atoms with Crippen molar-refractivity contribution in [3.8, 4) is 0 Å². The van der Waals surface area contributed by atoms with E-state index in [9.17, 15) is 4.57 Å². The summed E-state index contributed by atoms with van der Waals surface area (Å²) in [6, 6.07) is 0. The molecule has 0 rings (SSSR count). The lowest BCUT2D eigenvalue weighted by Crippen LogP contribution is -2.24. The average Bonchev–Trinajstić information content (AvgIpc) is 2.63. The van der Waals surface area contributed by atoms with Crippen LogP contribution < -0.4 is 5.73 Å². The van der Waals surface area contributed by atoms with Crippen molar-refractivity contribution < 1.29 is 18.1 Å². The SMILES string of the molecule is CCCCCCCCCCCCCCCCCC(N)OP(=O)(OC(C)C)OC(C)C. The van der Waals surface area contributed by atoms with Gasteiger partial charge in [-0.25, -0.2) is 4.57 Å². The van der Waals surface area contributed by atoms with E-state index < -0.39 is 14.1 Å². The van der Waals surface area contributed by atoms with Crippen LogP contribution in [0.25, 0.3) is 0 Å². The molecular formula is C24H52NO4P. The van der Waals surface area contributed by atoms with E-state index in [-0.39, 0.29) is 12.2 Å². The third-order valence-corrected chi connectivity index (χ3v) is 6.93. The van der Waals surface area contributed by atoms with Crippen LogP contribution >= 0.6 is 7.82 Å². The van der Waals surface area contributed by atoms with Crippen LogP contribution in [0.5, 0.6) is 0 Å². The van der Waals surface area contributed by atoms with Crippen molar-refractivity contribution >= 4 is 7.82 Å². The first-order valence-corrected chi connectivity index (χ1v) is 14.2. The van der Waals surface area contributed by atoms with Gasteiger partial charge in [-0.2, -0.15) is 0 Å². The van der Waals surface area contributed by atoms with E-state index in [1.54, 1.807) is 27.7 Å². The molecule has 0 aliphatic carbocycles. The Bertz CT molecular complexity index is 404. The van der Waals surface area contributed by atoms with Gasteiger partial charge in [-0.1, -0.05) is 96.8 Å². The van der Waals surface area contributed by atoms with Gasteiger partial charge in [-0.15, -0.1) is 0 Å². The molecule has 6 heteroatoms. The van der Waals surface area contributed by atoms with E-state index in [2.05, 4.69) is 6.92 Å². The maximum absolute atomic E-state index is 12.7. The zero-order chi connectivity index (χ0) is 22.7. The third kappa shape index (κ3) is 20.0. The molecule has 0 aliphatic rings. The van der Waals surface area contributed by atoms with Crippen LogP contribution in [0.1, 0.15) is 137 Å². The van der Waals surface area contributed by atoms with Gasteiger partial charge in [0.15, 0.2) is 0 Å². The lowest BCUT2D eigenvalue weighted by Gasteiger charge is -2.24. The molecular weight excluding hydrogens is 397 g/mol. The molecule has 2 N–H and O–H groups in total. The molecule has 0 aromatic carbocycles. The minimum absolute atomic E-state index is 0.243. The smallest absolute Gasteiger partial charge is 0.306 e. The number of phosphoric ester groups is 1. The summed E-state index contributed by atoms with van der Waals surface area (Å²) in [5.41, 5.74) is 6.01. The van der Waals surface area contributed by atoms with Gasteiger partial charge >= 0.3 is 7.82 Å². The number of hydrogen-bond acceptors (Lipinski definition) is 5. The van der Waals surface area contributed by atoms with Crippen molar-refractivity contribution in [1.29, 1.82) is 0 Å². The van der Waals surface area contributed by atoms with Gasteiger partial charge in [-0.05, 0) is 40.5 Å². The fraction of sp³-hybridized carbons (Fsp3) is 1.00. The fourth-order valence-electron chi connectivity index (χ4n) is 3.53. The largest absolute Gasteiger partial charge is 0.476 e. The molecule has 0 aromatic rings. The Labute approximate surface area is 187 Å². The van der Waals surface area contributed by atoms with E-state index in [1.165, 1.54) is 83.5 Å². The van der Waals surface area contributed by atoms with Gasteiger partial charge < -0.3 is 5.73 Å². The number of rotatable bonds is 22. The summed E-state index contributed by atoms with van der Waals surface area (Å²) in [5, 5.41) is 0. The first-order chi connectivity index (χ1) is 14.3. The highest BCUT2D eigenvalue weighted by molar-refractivity contribution is 7.48. The second-order valence-electron chi connectivity index (χ2n) is 9.14. The quantitative estimate of drug-likeness (QED) is 0.102. The molecule has 0 heterocycles. The van der Waals surface area contributed by atoms with E-state index >= 15 is 0 Å². The Morgan fingerprint density at radius 3 is 1.27 bits per heavy atom. The van der Waals surface area contributed by atoms with E-state index in [4.69, 9.17) is 19.3 Å². The number of unbranched alkanes of at least 4 members (excludes halogenated alkanes) is 14. The van der Waals surface area contributed by atoms with E-state index in [0.29, 0.717) is 6.42 Å². The topological polar surface area (TPSA) is 70.8 Å². The predicted octanol–water partition coefficient (Wildman–Crippen LogP) is 8.51. The lowest BCUT2D eigenvalue weighted by molar-refractivity contribution is 0.0454. The minimum Gasteiger partial charge on any atom is -0.306 e. The molecule has 0 amide bonds. The van der Waals surface area contributed by atoms with Gasteiger partial charge in [0.25, 0.3) is 0 Å². The van der Waals surface area contributed by atoms with Crippen LogP contribution in [-0.2, 0) is 18.1 Å². The average molecular weight is 450 g/mol. The molecule has 0 aromatic heterocycles. The van der Waals surface area contributed by atoms with Crippen molar-refractivity contribution in [3.05, 3.63) is 0 Å². The van der Waals surface area contributed by atoms with E-state index in [1.807, 2.05) is 0 Å². The van der Waals surface area contributed by atoms with Gasteiger partial charge in [0, 0.05) is 0 Å². The summed E-state index contributed by atoms with van der Waals surface area (Å²) in [4.78, 5) is 0. The van der Waals surface area contributed by atoms with Crippen LogP contribution in [0.3, 0.4) is 0 Å². The van der Waals surface area contributed by atoms with Gasteiger partial charge in [-0.3, -0.25) is 13.6 Å². The molecule has 1 atom stereocenters. The summed E-state index contributed by atoms with van der Waals surface area (Å²) in [6.07, 6.45) is 19.5. The molecule has 0 fully saturated rings. The highest BCUT2D eigenvalue weighted by Crippen LogP contribution is 2.52. The van der Waals surface area contributed by atoms with Gasteiger partial charge in [0.1, 0.15) is 6.23 Å². The summed E-state index contributed by atoms with van der Waals surface area (Å²) >= 11 is 0. The highest BCUT2D eigenvalue weighted by Gasteiger charge is 2.32. The predicted molar refractivity (Wildman–Crippen MR) is 129 cm³/mol. The second-order valence-corrected chi connectivity index (χ2v) is 10.7. The summed E-state index contributed by atoms with van der Waals surface area (Å²) in [5.74, 6) is 0. The maximum Gasteiger partial charge on any atom is 0.476 e. The normalized spacial score (nSPS) is 13.5. The molecule has 30 heavy (non-hydrogen) atoms. The molecule has 0 radical (unpaired) electrons. The summed E-state index contributed by atoms with van der Waals surface area (Å²) in [6.45, 7) is 9.50. The number of hydrogen-bond donors (Lipinski definition) is 1. The van der Waals surface area contributed by atoms with Crippen LogP contribution in [0.2, 0.25) is 0 Å². The Balaban J connectivity index is 3.59. The molecule has 0 bridgehead atoms. The molecule has 182 valence electrons. The third-order valence-electron chi connectivity index (χ3n) is 5.04. The zero-order valence-corrected chi connectivity index (χ0v) is 21.6. The highest BCUT2D eigenvalue weighted by atomic mass is 31.2. The number of nitrogens with two attached hydrogens (primary N) is 1. The molecule has 1 unspecified atom stereocenters. The standard InChI is InChI=1S/C24H52NO4P/c1-6-7-8-9-10-11-12-13-14-15-16-17-18-19-20-21-24(25)29-30(26,27-22(2)3)28-23(4)5/h22-24H,6-21,25H2,1-5H3. The Morgan fingerprint density at radius 1 is 0.600 bits per heavy atom. The fourth-order valence-corrected chi connectivity index (χ4v) is 5.15. The summed E-state index contributed by atoms with van der Waals surface area (Å²) < 4.78 is 28.9. The Hall–Kier alpha value is 0.0700. The summed E-state index contributed by atoms with van der Waals surface area (Å²) in [7, 11) is -3.60. The van der Waals surface area contributed by atoms with Crippen LogP contribution in [-0.4, -0.2) is 18.4 Å². The van der Waals surface area contributed by atoms with Crippen LogP contribution in [0.4, 0.5) is 0 Å². The number of phosphoric acid groups is 1. The molecule has 0 saturated carbocycles. The van der Waals surface area contributed by atoms with Crippen molar-refractivity contribution in [2.45, 2.75) is 156 Å². The van der Waals surface area contributed by atoms with Crippen LogP contribution in [0.15, 0.2) is 0 Å². The molecule has 0 spiro atoms. The van der Waals surface area contributed by atoms with Gasteiger partial charge in [0.2, 0.25) is 0 Å². The van der Waals surface area contributed by atoms with Crippen molar-refractivity contribution in [3.63, 3.8) is 0 Å². The first kappa shape index (κ1) is 30.1. The van der Waals surface area contributed by atoms with E-state index in [0.717, 1.165) is 12.8 Å². The lowest BCUT2D eigenvalue weighted by atomic mass is 10.0. The zero-order valence-electron chi connectivity index (χ0n) is 20.7. The van der Waals surface area contributed by atoms with Crippen LogP contribution in [0, 0.1) is 0 Å². The van der Waals surface area contributed by atoms with Crippen molar-refractivity contribution in [2.24, 2.45) is 5.73 Å². The Morgan fingerprint density at radius 2 is 0.933 bits per heavy atom. The van der Waals surface area contributed by atoms with Crippen molar-refractivity contribution in [2.75, 3.05) is 0 Å². The maximum atomic E-state index is 12.7. The minimum atomic E-state index is -3.60. The molecule has 0 saturated heterocycles. The van der Waals surface area contributed by atoms with Gasteiger partial charge in [0.05, 0.1) is 12.2 Å². The monoisotopic (exact) mass is 449 g/mol. The second kappa shape index (κ2) is 19.7. The first-order valence-electron chi connectivity index (χ1n) is 12.7.